The highest BCUT2D eigenvalue weighted by molar-refractivity contribution is 5.84. The number of ether oxygens (including phenoxy) is 1. The van der Waals surface area contributed by atoms with Crippen LogP contribution in [0, 0.1) is 5.82 Å². The Hall–Kier alpha value is -1.55. The Morgan fingerprint density at radius 1 is 1.22 bits per heavy atom. The van der Waals surface area contributed by atoms with Crippen molar-refractivity contribution < 1.29 is 9.13 Å². The lowest BCUT2D eigenvalue weighted by Crippen LogP contribution is -2.45. The molecule has 1 aromatic carbocycles. The monoisotopic (exact) mass is 248 g/mol. The Kier molecular flexibility index (Phi) is 2.74. The Morgan fingerprint density at radius 2 is 1.94 bits per heavy atom. The largest absolute Gasteiger partial charge is 0.372 e. The summed E-state index contributed by atoms with van der Waals surface area (Å²) in [6.07, 6.45) is 2.03. The van der Waals surface area contributed by atoms with E-state index in [1.807, 2.05) is 26.0 Å². The van der Waals surface area contributed by atoms with Gasteiger partial charge in [-0.25, -0.2) is 4.39 Å². The van der Waals surface area contributed by atoms with Crippen molar-refractivity contribution in [2.24, 2.45) is 0 Å². The lowest BCUT2D eigenvalue weighted by molar-refractivity contribution is -0.00537. The number of anilines is 1. The van der Waals surface area contributed by atoms with Gasteiger partial charge in [0.15, 0.2) is 5.82 Å². The molecule has 2 atom stereocenters. The molecule has 1 saturated heterocycles. The molecule has 3 rings (SSSR count). The Balaban J connectivity index is 2.00. The number of aromatic nitrogens is 1. The molecule has 0 amide bonds. The molecule has 1 N–H and O–H groups in total. The number of H-pyrrole nitrogens is 1. The average molecular weight is 248 g/mol. The molecule has 2 heterocycles. The molecule has 0 aliphatic carbocycles. The molecule has 18 heavy (non-hydrogen) atoms. The lowest BCUT2D eigenvalue weighted by Gasteiger charge is -2.37. The molecule has 1 aromatic heterocycles. The smallest absolute Gasteiger partial charge is 0.155 e. The zero-order valence-electron chi connectivity index (χ0n) is 10.6. The van der Waals surface area contributed by atoms with E-state index < -0.39 is 0 Å². The normalized spacial score (nSPS) is 24.7. The fourth-order valence-electron chi connectivity index (χ4n) is 2.70. The molecule has 3 nitrogen and oxygen atoms in total. The van der Waals surface area contributed by atoms with E-state index in [2.05, 4.69) is 9.88 Å². The standard InChI is InChI=1S/C14H17FN2O/c1-9-7-17(8-10(2)18-9)13-4-3-12-11(14(13)15)5-6-16-12/h3-6,9-10,16H,7-8H2,1-2H3/t9-,10+. The predicted octanol–water partition coefficient (Wildman–Crippen LogP) is 2.92. The van der Waals surface area contributed by atoms with Crippen LogP contribution < -0.4 is 4.90 Å². The summed E-state index contributed by atoms with van der Waals surface area (Å²) in [5, 5.41) is 0.652. The minimum Gasteiger partial charge on any atom is -0.372 e. The summed E-state index contributed by atoms with van der Waals surface area (Å²) in [4.78, 5) is 5.09. The number of aromatic amines is 1. The van der Waals surface area contributed by atoms with Crippen molar-refractivity contribution in [2.45, 2.75) is 26.1 Å². The van der Waals surface area contributed by atoms with Crippen molar-refractivity contribution in [3.8, 4) is 0 Å². The highest BCUT2D eigenvalue weighted by Gasteiger charge is 2.24. The molecule has 0 saturated carbocycles. The second kappa shape index (κ2) is 4.28. The van der Waals surface area contributed by atoms with Crippen molar-refractivity contribution in [1.29, 1.82) is 0 Å². The van der Waals surface area contributed by atoms with Gasteiger partial charge in [-0.1, -0.05) is 0 Å². The highest BCUT2D eigenvalue weighted by Crippen LogP contribution is 2.28. The van der Waals surface area contributed by atoms with E-state index in [9.17, 15) is 4.39 Å². The number of benzene rings is 1. The summed E-state index contributed by atoms with van der Waals surface area (Å²) in [5.74, 6) is -0.143. The number of nitrogens with one attached hydrogen (secondary N) is 1. The SMILES string of the molecule is C[C@@H]1CN(c2ccc3[nH]ccc3c2F)C[C@H](C)O1. The summed E-state index contributed by atoms with van der Waals surface area (Å²) >= 11 is 0. The maximum Gasteiger partial charge on any atom is 0.155 e. The molecular weight excluding hydrogens is 231 g/mol. The van der Waals surface area contributed by atoms with E-state index in [4.69, 9.17) is 4.74 Å². The minimum absolute atomic E-state index is 0.134. The molecule has 1 fully saturated rings. The Labute approximate surface area is 106 Å². The number of rotatable bonds is 1. The molecule has 2 aromatic rings. The minimum atomic E-state index is -0.143. The van der Waals surface area contributed by atoms with Crippen molar-refractivity contribution in [3.05, 3.63) is 30.2 Å². The number of nitrogens with zero attached hydrogens (tertiary/aromatic N) is 1. The third kappa shape index (κ3) is 1.86. The van der Waals surface area contributed by atoms with Gasteiger partial charge in [-0.15, -0.1) is 0 Å². The van der Waals surface area contributed by atoms with E-state index >= 15 is 0 Å². The summed E-state index contributed by atoms with van der Waals surface area (Å²) in [7, 11) is 0. The van der Waals surface area contributed by atoms with Crippen molar-refractivity contribution in [2.75, 3.05) is 18.0 Å². The molecule has 96 valence electrons. The van der Waals surface area contributed by atoms with Crippen LogP contribution in [0.25, 0.3) is 10.9 Å². The van der Waals surface area contributed by atoms with Gasteiger partial charge in [0.2, 0.25) is 0 Å². The van der Waals surface area contributed by atoms with E-state index in [0.29, 0.717) is 11.1 Å². The van der Waals surface area contributed by atoms with Gasteiger partial charge < -0.3 is 14.6 Å². The van der Waals surface area contributed by atoms with Gasteiger partial charge in [-0.05, 0) is 32.0 Å². The highest BCUT2D eigenvalue weighted by atomic mass is 19.1. The lowest BCUT2D eigenvalue weighted by atomic mass is 10.1. The summed E-state index contributed by atoms with van der Waals surface area (Å²) < 4.78 is 20.1. The van der Waals surface area contributed by atoms with Gasteiger partial charge in [0.25, 0.3) is 0 Å². The predicted molar refractivity (Wildman–Crippen MR) is 70.5 cm³/mol. The molecule has 0 unspecified atom stereocenters. The van der Waals surface area contributed by atoms with Crippen LogP contribution >= 0.6 is 0 Å². The van der Waals surface area contributed by atoms with Gasteiger partial charge in [0.05, 0.1) is 17.9 Å². The first-order valence-corrected chi connectivity index (χ1v) is 6.31. The van der Waals surface area contributed by atoms with Crippen LogP contribution in [-0.2, 0) is 4.74 Å². The van der Waals surface area contributed by atoms with Crippen LogP contribution in [0.1, 0.15) is 13.8 Å². The number of hydrogen-bond acceptors (Lipinski definition) is 2. The molecule has 1 aliphatic heterocycles. The van der Waals surface area contributed by atoms with Crippen LogP contribution in [0.5, 0.6) is 0 Å². The maximum atomic E-state index is 14.4. The van der Waals surface area contributed by atoms with Gasteiger partial charge in [-0.3, -0.25) is 0 Å². The zero-order chi connectivity index (χ0) is 12.7. The summed E-state index contributed by atoms with van der Waals surface area (Å²) in [6, 6.07) is 5.55. The second-order valence-corrected chi connectivity index (χ2v) is 5.00. The van der Waals surface area contributed by atoms with Gasteiger partial charge in [0, 0.05) is 30.2 Å². The van der Waals surface area contributed by atoms with E-state index in [1.165, 1.54) is 0 Å². The van der Waals surface area contributed by atoms with Crippen molar-refractivity contribution in [1.82, 2.24) is 4.98 Å². The van der Waals surface area contributed by atoms with Gasteiger partial charge >= 0.3 is 0 Å². The topological polar surface area (TPSA) is 28.3 Å². The van der Waals surface area contributed by atoms with E-state index in [0.717, 1.165) is 18.6 Å². The second-order valence-electron chi connectivity index (χ2n) is 5.00. The zero-order valence-corrected chi connectivity index (χ0v) is 10.6. The number of morpholine rings is 1. The first-order valence-electron chi connectivity index (χ1n) is 6.31. The summed E-state index contributed by atoms with van der Waals surface area (Å²) in [5.41, 5.74) is 1.51. The fourth-order valence-corrected chi connectivity index (χ4v) is 2.70. The third-order valence-electron chi connectivity index (χ3n) is 3.41. The van der Waals surface area contributed by atoms with Crippen molar-refractivity contribution >= 4 is 16.6 Å². The van der Waals surface area contributed by atoms with Crippen LogP contribution in [0.15, 0.2) is 24.4 Å². The van der Waals surface area contributed by atoms with Crippen molar-refractivity contribution in [3.63, 3.8) is 0 Å². The maximum absolute atomic E-state index is 14.4. The Morgan fingerprint density at radius 3 is 2.67 bits per heavy atom. The third-order valence-corrected chi connectivity index (χ3v) is 3.41. The fraction of sp³-hybridized carbons (Fsp3) is 0.429. The van der Waals surface area contributed by atoms with Gasteiger partial charge in [-0.2, -0.15) is 0 Å². The number of halogens is 1. The van der Waals surface area contributed by atoms with Crippen LogP contribution in [0.2, 0.25) is 0 Å². The molecule has 0 spiro atoms. The number of fused-ring (bicyclic) bond motifs is 1. The number of hydrogen-bond donors (Lipinski definition) is 1. The van der Waals surface area contributed by atoms with Crippen LogP contribution in [-0.4, -0.2) is 30.3 Å². The molecule has 0 radical (unpaired) electrons. The molecule has 1 aliphatic rings. The average Bonchev–Trinajstić information content (AvgIpc) is 2.77. The van der Waals surface area contributed by atoms with Crippen LogP contribution in [0.4, 0.5) is 10.1 Å². The molecule has 0 bridgehead atoms. The first-order chi connectivity index (χ1) is 8.65. The van der Waals surface area contributed by atoms with Crippen LogP contribution in [0.3, 0.4) is 0 Å². The van der Waals surface area contributed by atoms with E-state index in [1.54, 1.807) is 12.3 Å². The van der Waals surface area contributed by atoms with E-state index in [-0.39, 0.29) is 18.0 Å². The molecular formula is C14H17FN2O. The summed E-state index contributed by atoms with van der Waals surface area (Å²) in [6.45, 7) is 5.51. The molecule has 4 heteroatoms. The Bertz CT molecular complexity index is 556. The van der Waals surface area contributed by atoms with Gasteiger partial charge in [0.1, 0.15) is 0 Å². The first kappa shape index (κ1) is 11.5. The quantitative estimate of drug-likeness (QED) is 0.840.